The normalized spacial score (nSPS) is 19.9. The number of amidine groups is 1. The average molecular weight is 267 g/mol. The van der Waals surface area contributed by atoms with Gasteiger partial charge < -0.3 is 10.5 Å². The van der Waals surface area contributed by atoms with Crippen molar-refractivity contribution in [2.45, 2.75) is 25.5 Å². The lowest BCUT2D eigenvalue weighted by atomic mass is 10.3. The predicted molar refractivity (Wildman–Crippen MR) is 70.6 cm³/mol. The fourth-order valence-corrected chi connectivity index (χ4v) is 2.79. The van der Waals surface area contributed by atoms with Gasteiger partial charge in [0.15, 0.2) is 0 Å². The number of nitrogens with two attached hydrogens (primary N) is 1. The maximum atomic E-state index is 11.4. The highest BCUT2D eigenvalue weighted by Gasteiger charge is 2.25. The Balaban J connectivity index is 1.74. The van der Waals surface area contributed by atoms with Gasteiger partial charge in [-0.3, -0.25) is 15.1 Å². The van der Waals surface area contributed by atoms with Gasteiger partial charge in [0.05, 0.1) is 0 Å². The van der Waals surface area contributed by atoms with Crippen LogP contribution in [0.25, 0.3) is 0 Å². The van der Waals surface area contributed by atoms with Crippen LogP contribution in [0, 0.1) is 5.41 Å². The smallest absolute Gasteiger partial charge is 0.313 e. The molecule has 1 unspecified atom stereocenters. The summed E-state index contributed by atoms with van der Waals surface area (Å²) in [6.07, 6.45) is 0.688. The SMILES string of the molecule is N=C(N)CC(=O)OC1CCN(Cc2cccs2)C1. The quantitative estimate of drug-likeness (QED) is 0.477. The van der Waals surface area contributed by atoms with Crippen LogP contribution in [0.2, 0.25) is 0 Å². The summed E-state index contributed by atoms with van der Waals surface area (Å²) in [5.74, 6) is -0.543. The van der Waals surface area contributed by atoms with Crippen molar-refractivity contribution in [2.75, 3.05) is 13.1 Å². The summed E-state index contributed by atoms with van der Waals surface area (Å²) in [6.45, 7) is 2.62. The molecule has 5 nitrogen and oxygen atoms in total. The van der Waals surface area contributed by atoms with E-state index in [1.54, 1.807) is 11.3 Å². The molecular weight excluding hydrogens is 250 g/mol. The first-order chi connectivity index (χ1) is 8.63. The van der Waals surface area contributed by atoms with Crippen LogP contribution in [-0.4, -0.2) is 35.9 Å². The molecule has 2 rings (SSSR count). The zero-order chi connectivity index (χ0) is 13.0. The van der Waals surface area contributed by atoms with Crippen molar-refractivity contribution in [1.29, 1.82) is 5.41 Å². The number of nitrogens with zero attached hydrogens (tertiary/aromatic N) is 1. The van der Waals surface area contributed by atoms with Gasteiger partial charge in [-0.25, -0.2) is 0 Å². The molecule has 6 heteroatoms. The molecule has 0 amide bonds. The second-order valence-electron chi connectivity index (χ2n) is 4.42. The molecule has 0 aromatic carbocycles. The van der Waals surface area contributed by atoms with Crippen LogP contribution < -0.4 is 5.73 Å². The lowest BCUT2D eigenvalue weighted by Crippen LogP contribution is -2.26. The molecule has 98 valence electrons. The van der Waals surface area contributed by atoms with Crippen molar-refractivity contribution in [3.8, 4) is 0 Å². The Hall–Kier alpha value is -1.40. The number of esters is 1. The van der Waals surface area contributed by atoms with Gasteiger partial charge in [0.2, 0.25) is 0 Å². The standard InChI is InChI=1S/C12H17N3O2S/c13-11(14)6-12(16)17-9-3-4-15(7-9)8-10-2-1-5-18-10/h1-2,5,9H,3-4,6-8H2,(H3,13,14). The number of hydrogen-bond donors (Lipinski definition) is 2. The summed E-state index contributed by atoms with van der Waals surface area (Å²) < 4.78 is 5.27. The van der Waals surface area contributed by atoms with Gasteiger partial charge >= 0.3 is 5.97 Å². The van der Waals surface area contributed by atoms with Crippen molar-refractivity contribution >= 4 is 23.1 Å². The highest BCUT2D eigenvalue weighted by molar-refractivity contribution is 7.09. The number of rotatable bonds is 5. The van der Waals surface area contributed by atoms with Crippen LogP contribution in [0.15, 0.2) is 17.5 Å². The van der Waals surface area contributed by atoms with E-state index < -0.39 is 5.97 Å². The first kappa shape index (κ1) is 13.0. The molecule has 1 fully saturated rings. The van der Waals surface area contributed by atoms with Crippen LogP contribution in [0.4, 0.5) is 0 Å². The van der Waals surface area contributed by atoms with Crippen molar-refractivity contribution in [2.24, 2.45) is 5.73 Å². The van der Waals surface area contributed by atoms with Crippen LogP contribution in [0.1, 0.15) is 17.7 Å². The van der Waals surface area contributed by atoms with Crippen LogP contribution in [-0.2, 0) is 16.1 Å². The summed E-state index contributed by atoms with van der Waals surface area (Å²) in [5, 5.41) is 9.10. The number of carbonyl (C=O) groups is 1. The first-order valence-electron chi connectivity index (χ1n) is 5.90. The van der Waals surface area contributed by atoms with Crippen molar-refractivity contribution in [3.05, 3.63) is 22.4 Å². The summed E-state index contributed by atoms with van der Waals surface area (Å²) in [4.78, 5) is 15.0. The summed E-state index contributed by atoms with van der Waals surface area (Å²) >= 11 is 1.74. The number of carbonyl (C=O) groups excluding carboxylic acids is 1. The number of likely N-dealkylation sites (tertiary alicyclic amines) is 1. The van der Waals surface area contributed by atoms with Gasteiger partial charge in [-0.15, -0.1) is 11.3 Å². The van der Waals surface area contributed by atoms with E-state index >= 15 is 0 Å². The van der Waals surface area contributed by atoms with Crippen LogP contribution in [0.5, 0.6) is 0 Å². The van der Waals surface area contributed by atoms with Crippen LogP contribution >= 0.6 is 11.3 Å². The minimum atomic E-state index is -0.398. The fourth-order valence-electron chi connectivity index (χ4n) is 2.04. The molecule has 1 aliphatic rings. The Kier molecular flexibility index (Phi) is 4.33. The van der Waals surface area contributed by atoms with E-state index in [4.69, 9.17) is 15.9 Å². The molecule has 0 radical (unpaired) electrons. The summed E-state index contributed by atoms with van der Waals surface area (Å²) in [5.41, 5.74) is 5.16. The van der Waals surface area contributed by atoms with Gasteiger partial charge in [0, 0.05) is 24.5 Å². The molecule has 1 aromatic rings. The zero-order valence-corrected chi connectivity index (χ0v) is 10.9. The topological polar surface area (TPSA) is 79.4 Å². The lowest BCUT2D eigenvalue weighted by molar-refractivity contribution is -0.146. The summed E-state index contributed by atoms with van der Waals surface area (Å²) in [6, 6.07) is 4.15. The molecule has 0 spiro atoms. The molecular formula is C12H17N3O2S. The second-order valence-corrected chi connectivity index (χ2v) is 5.45. The zero-order valence-electron chi connectivity index (χ0n) is 10.1. The van der Waals surface area contributed by atoms with Crippen LogP contribution in [0.3, 0.4) is 0 Å². The molecule has 0 saturated carbocycles. The summed E-state index contributed by atoms with van der Waals surface area (Å²) in [7, 11) is 0. The van der Waals surface area contributed by atoms with Gasteiger partial charge in [-0.05, 0) is 17.9 Å². The Bertz CT molecular complexity index is 419. The number of ether oxygens (including phenoxy) is 1. The number of nitrogens with one attached hydrogen (secondary N) is 1. The minimum absolute atomic E-state index is 0.0585. The van der Waals surface area contributed by atoms with Crippen molar-refractivity contribution < 1.29 is 9.53 Å². The van der Waals surface area contributed by atoms with E-state index in [0.717, 1.165) is 26.1 Å². The fraction of sp³-hybridized carbons (Fsp3) is 0.500. The monoisotopic (exact) mass is 267 g/mol. The minimum Gasteiger partial charge on any atom is -0.461 e. The van der Waals surface area contributed by atoms with E-state index in [1.807, 2.05) is 6.07 Å². The molecule has 0 bridgehead atoms. The van der Waals surface area contributed by atoms with E-state index in [2.05, 4.69) is 16.3 Å². The van der Waals surface area contributed by atoms with E-state index in [0.29, 0.717) is 0 Å². The molecule has 1 saturated heterocycles. The maximum absolute atomic E-state index is 11.4. The average Bonchev–Trinajstić information content (AvgIpc) is 2.89. The Morgan fingerprint density at radius 3 is 3.17 bits per heavy atom. The molecule has 1 aromatic heterocycles. The van der Waals surface area contributed by atoms with Crippen molar-refractivity contribution in [1.82, 2.24) is 4.90 Å². The molecule has 1 aliphatic heterocycles. The third-order valence-electron chi connectivity index (χ3n) is 2.82. The van der Waals surface area contributed by atoms with Crippen molar-refractivity contribution in [3.63, 3.8) is 0 Å². The van der Waals surface area contributed by atoms with Gasteiger partial charge in [0.25, 0.3) is 0 Å². The third-order valence-corrected chi connectivity index (χ3v) is 3.68. The van der Waals surface area contributed by atoms with E-state index in [1.165, 1.54) is 4.88 Å². The van der Waals surface area contributed by atoms with Gasteiger partial charge in [0.1, 0.15) is 18.4 Å². The maximum Gasteiger partial charge on any atom is 0.313 e. The van der Waals surface area contributed by atoms with E-state index in [9.17, 15) is 4.79 Å². The second kappa shape index (κ2) is 5.97. The number of hydrogen-bond acceptors (Lipinski definition) is 5. The molecule has 18 heavy (non-hydrogen) atoms. The van der Waals surface area contributed by atoms with Gasteiger partial charge in [-0.1, -0.05) is 6.07 Å². The van der Waals surface area contributed by atoms with E-state index in [-0.39, 0.29) is 18.4 Å². The highest BCUT2D eigenvalue weighted by atomic mass is 32.1. The van der Waals surface area contributed by atoms with Gasteiger partial charge in [-0.2, -0.15) is 0 Å². The number of thiophene rings is 1. The predicted octanol–water partition coefficient (Wildman–Crippen LogP) is 1.19. The molecule has 0 aliphatic carbocycles. The molecule has 2 heterocycles. The highest BCUT2D eigenvalue weighted by Crippen LogP contribution is 2.18. The molecule has 1 atom stereocenters. The third kappa shape index (κ3) is 3.82. The lowest BCUT2D eigenvalue weighted by Gasteiger charge is -2.15. The Labute approximate surface area is 110 Å². The largest absolute Gasteiger partial charge is 0.461 e. The molecule has 3 N–H and O–H groups in total. The first-order valence-corrected chi connectivity index (χ1v) is 6.78. The Morgan fingerprint density at radius 1 is 1.67 bits per heavy atom. The Morgan fingerprint density at radius 2 is 2.50 bits per heavy atom.